The molecule has 0 spiro atoms. The molecular weight excluding hydrogens is 487 g/mol. The van der Waals surface area contributed by atoms with Gasteiger partial charge >= 0.3 is 0 Å². The van der Waals surface area contributed by atoms with Crippen LogP contribution in [-0.4, -0.2) is 63.8 Å². The van der Waals surface area contributed by atoms with E-state index in [0.717, 1.165) is 49.7 Å². The monoisotopic (exact) mass is 526 g/mol. The highest BCUT2D eigenvalue weighted by Crippen LogP contribution is 2.34. The highest BCUT2D eigenvalue weighted by atomic mass is 32.2. The lowest BCUT2D eigenvalue weighted by molar-refractivity contribution is 0.0551. The Morgan fingerprint density at radius 2 is 1.97 bits per heavy atom. The maximum absolute atomic E-state index is 14.5. The molecule has 3 aromatic rings. The van der Waals surface area contributed by atoms with Crippen LogP contribution in [0.25, 0.3) is 16.6 Å². The number of hydrogen-bond donors (Lipinski definition) is 0. The van der Waals surface area contributed by atoms with Crippen molar-refractivity contribution in [3.8, 4) is 5.69 Å². The molecule has 2 aliphatic rings. The molecule has 2 fully saturated rings. The summed E-state index contributed by atoms with van der Waals surface area (Å²) in [7, 11) is -1.25. The number of fused-ring (bicyclic) bond motifs is 1. The standard InChI is InChI=1S/C29H39FN4O2S/c1-20(2)37(35,31-4)28-14-25(30)5-6-26(28)34-19-24(29-21(3)15-32-16-27(29)34)13-23-7-10-33(18-23)17-22-8-11-36-12-9-22/h5-6,14-16,19-20,22-23H,7-13,17-18H2,1-4H3/t23-,37-/m0/s1. The molecule has 0 aliphatic carbocycles. The van der Waals surface area contributed by atoms with E-state index < -0.39 is 15.5 Å². The highest BCUT2D eigenvalue weighted by Gasteiger charge is 2.28. The van der Waals surface area contributed by atoms with E-state index >= 15 is 0 Å². The van der Waals surface area contributed by atoms with Gasteiger partial charge in [-0.15, -0.1) is 0 Å². The SMILES string of the molecule is CN=[S@@](=O)(c1cc(F)ccc1-n1cc(C[C@@H]2CCN(CC3CCOCC3)C2)c2c(C)cncc21)C(C)C. The Kier molecular flexibility index (Phi) is 7.70. The Hall–Kier alpha value is -2.29. The van der Waals surface area contributed by atoms with Gasteiger partial charge in [-0.05, 0) is 94.2 Å². The summed E-state index contributed by atoms with van der Waals surface area (Å²) in [5, 5.41) is 0.942. The number of ether oxygens (including phenoxy) is 1. The molecule has 2 atom stereocenters. The highest BCUT2D eigenvalue weighted by molar-refractivity contribution is 7.94. The van der Waals surface area contributed by atoms with Crippen molar-refractivity contribution in [3.05, 3.63) is 53.7 Å². The summed E-state index contributed by atoms with van der Waals surface area (Å²) in [5.74, 6) is 0.932. The van der Waals surface area contributed by atoms with Crippen LogP contribution in [0, 0.1) is 24.6 Å². The molecule has 0 amide bonds. The number of likely N-dealkylation sites (tertiary alicyclic amines) is 1. The van der Waals surface area contributed by atoms with Crippen molar-refractivity contribution in [1.29, 1.82) is 0 Å². The third-order valence-electron chi connectivity index (χ3n) is 8.12. The molecule has 0 N–H and O–H groups in total. The van der Waals surface area contributed by atoms with Crippen molar-refractivity contribution < 1.29 is 13.3 Å². The first kappa shape index (κ1) is 26.3. The van der Waals surface area contributed by atoms with Crippen LogP contribution in [0.2, 0.25) is 0 Å². The smallest absolute Gasteiger partial charge is 0.124 e. The van der Waals surface area contributed by atoms with Gasteiger partial charge in [0.05, 0.1) is 32.0 Å². The average Bonchev–Trinajstić information content (AvgIpc) is 3.49. The second kappa shape index (κ2) is 10.8. The van der Waals surface area contributed by atoms with E-state index in [1.54, 1.807) is 13.1 Å². The minimum absolute atomic E-state index is 0.251. The first-order chi connectivity index (χ1) is 17.8. The molecule has 0 saturated carbocycles. The number of aryl methyl sites for hydroxylation is 1. The number of rotatable bonds is 7. The van der Waals surface area contributed by atoms with Crippen molar-refractivity contribution in [2.24, 2.45) is 16.2 Å². The first-order valence-corrected chi connectivity index (χ1v) is 15.1. The van der Waals surface area contributed by atoms with E-state index in [4.69, 9.17) is 4.74 Å². The minimum Gasteiger partial charge on any atom is -0.381 e. The van der Waals surface area contributed by atoms with Gasteiger partial charge in [-0.2, -0.15) is 0 Å². The Bertz CT molecular complexity index is 1390. The second-order valence-corrected chi connectivity index (χ2v) is 13.8. The van der Waals surface area contributed by atoms with Crippen molar-refractivity contribution in [2.45, 2.75) is 56.6 Å². The molecule has 0 bridgehead atoms. The second-order valence-electron chi connectivity index (χ2n) is 11.0. The fourth-order valence-corrected chi connectivity index (χ4v) is 8.00. The summed E-state index contributed by atoms with van der Waals surface area (Å²) in [6.07, 6.45) is 10.4. The number of halogens is 1. The van der Waals surface area contributed by atoms with Gasteiger partial charge < -0.3 is 14.2 Å². The number of benzene rings is 1. The van der Waals surface area contributed by atoms with Crippen molar-refractivity contribution in [1.82, 2.24) is 14.5 Å². The molecule has 200 valence electrons. The molecule has 4 heterocycles. The molecular formula is C29H39FN4O2S. The van der Waals surface area contributed by atoms with E-state index in [1.165, 1.54) is 48.9 Å². The molecule has 0 radical (unpaired) electrons. The van der Waals surface area contributed by atoms with E-state index in [9.17, 15) is 8.60 Å². The quantitative estimate of drug-likeness (QED) is 0.400. The first-order valence-electron chi connectivity index (χ1n) is 13.5. The van der Waals surface area contributed by atoms with E-state index in [1.807, 2.05) is 26.2 Å². The Balaban J connectivity index is 1.49. The van der Waals surface area contributed by atoms with Gasteiger partial charge in [0.1, 0.15) is 5.82 Å². The summed E-state index contributed by atoms with van der Waals surface area (Å²) in [5.41, 5.74) is 4.06. The number of hydrogen-bond acceptors (Lipinski definition) is 5. The van der Waals surface area contributed by atoms with Gasteiger partial charge in [0.2, 0.25) is 0 Å². The number of nitrogens with zero attached hydrogens (tertiary/aromatic N) is 4. The van der Waals surface area contributed by atoms with Crippen LogP contribution < -0.4 is 0 Å². The van der Waals surface area contributed by atoms with Crippen LogP contribution in [0.1, 0.15) is 44.2 Å². The topological polar surface area (TPSA) is 59.7 Å². The lowest BCUT2D eigenvalue weighted by atomic mass is 9.97. The molecule has 5 rings (SSSR count). The molecule has 6 nitrogen and oxygen atoms in total. The maximum Gasteiger partial charge on any atom is 0.124 e. The number of aromatic nitrogens is 2. The molecule has 2 saturated heterocycles. The average molecular weight is 527 g/mol. The minimum atomic E-state index is -2.81. The molecule has 2 aromatic heterocycles. The summed E-state index contributed by atoms with van der Waals surface area (Å²) in [6, 6.07) is 4.56. The molecule has 0 unspecified atom stereocenters. The van der Waals surface area contributed by atoms with Gasteiger partial charge in [0, 0.05) is 56.4 Å². The van der Waals surface area contributed by atoms with Crippen LogP contribution in [0.4, 0.5) is 4.39 Å². The molecule has 1 aromatic carbocycles. The van der Waals surface area contributed by atoms with Gasteiger partial charge in [-0.1, -0.05) is 0 Å². The summed E-state index contributed by atoms with van der Waals surface area (Å²) in [4.78, 5) is 7.55. The normalized spacial score (nSPS) is 21.1. The van der Waals surface area contributed by atoms with Crippen molar-refractivity contribution in [3.63, 3.8) is 0 Å². The maximum atomic E-state index is 14.5. The lowest BCUT2D eigenvalue weighted by Gasteiger charge is -2.27. The van der Waals surface area contributed by atoms with E-state index in [2.05, 4.69) is 31.9 Å². The summed E-state index contributed by atoms with van der Waals surface area (Å²) < 4.78 is 40.2. The van der Waals surface area contributed by atoms with Crippen LogP contribution in [0.3, 0.4) is 0 Å². The summed E-state index contributed by atoms with van der Waals surface area (Å²) in [6.45, 7) is 11.1. The van der Waals surface area contributed by atoms with Crippen molar-refractivity contribution in [2.75, 3.05) is 39.9 Å². The third-order valence-corrected chi connectivity index (χ3v) is 10.9. The van der Waals surface area contributed by atoms with Crippen LogP contribution >= 0.6 is 0 Å². The van der Waals surface area contributed by atoms with E-state index in [-0.39, 0.29) is 5.25 Å². The van der Waals surface area contributed by atoms with Gasteiger partial charge in [0.15, 0.2) is 0 Å². The fraction of sp³-hybridized carbons (Fsp3) is 0.552. The zero-order chi connectivity index (χ0) is 26.2. The van der Waals surface area contributed by atoms with Crippen LogP contribution in [0.5, 0.6) is 0 Å². The molecule has 37 heavy (non-hydrogen) atoms. The molecule has 8 heteroatoms. The Morgan fingerprint density at radius 1 is 1.19 bits per heavy atom. The van der Waals surface area contributed by atoms with Gasteiger partial charge in [-0.25, -0.2) is 13.0 Å². The Labute approximate surface area is 220 Å². The number of pyridine rings is 1. The molecule has 2 aliphatic heterocycles. The van der Waals surface area contributed by atoms with Gasteiger partial charge in [0.25, 0.3) is 0 Å². The lowest BCUT2D eigenvalue weighted by Crippen LogP contribution is -2.31. The zero-order valence-corrected chi connectivity index (χ0v) is 23.3. The van der Waals surface area contributed by atoms with Gasteiger partial charge in [-0.3, -0.25) is 4.98 Å². The van der Waals surface area contributed by atoms with Crippen LogP contribution in [-0.2, 0) is 20.9 Å². The summed E-state index contributed by atoms with van der Waals surface area (Å²) >= 11 is 0. The fourth-order valence-electron chi connectivity index (χ4n) is 6.13. The predicted molar refractivity (Wildman–Crippen MR) is 147 cm³/mol. The van der Waals surface area contributed by atoms with E-state index in [0.29, 0.717) is 16.5 Å². The largest absolute Gasteiger partial charge is 0.381 e. The zero-order valence-electron chi connectivity index (χ0n) is 22.5. The third kappa shape index (κ3) is 5.20. The predicted octanol–water partition coefficient (Wildman–Crippen LogP) is 5.63. The van der Waals surface area contributed by atoms with Crippen molar-refractivity contribution >= 4 is 20.6 Å². The Morgan fingerprint density at radius 3 is 2.70 bits per heavy atom. The van der Waals surface area contributed by atoms with Crippen LogP contribution in [0.15, 0.2) is 46.0 Å².